The average molecular weight is 318 g/mol. The number of aromatic nitrogens is 3. The molecule has 0 radical (unpaired) electrons. The van der Waals surface area contributed by atoms with Crippen LogP contribution in [0, 0.1) is 5.41 Å². The van der Waals surface area contributed by atoms with Crippen LogP contribution in [0.3, 0.4) is 0 Å². The van der Waals surface area contributed by atoms with Crippen LogP contribution in [0.25, 0.3) is 5.65 Å². The summed E-state index contributed by atoms with van der Waals surface area (Å²) >= 11 is 13.3. The van der Waals surface area contributed by atoms with E-state index >= 15 is 0 Å². The van der Waals surface area contributed by atoms with Gasteiger partial charge in [0.05, 0.1) is 15.8 Å². The molecule has 0 aromatic carbocycles. The van der Waals surface area contributed by atoms with Gasteiger partial charge in [0.25, 0.3) is 0 Å². The fourth-order valence-electron chi connectivity index (χ4n) is 1.35. The number of hydrogen-bond donors (Lipinski definition) is 0. The zero-order valence-electron chi connectivity index (χ0n) is 10.8. The van der Waals surface area contributed by atoms with Gasteiger partial charge in [-0.15, -0.1) is 10.2 Å². The van der Waals surface area contributed by atoms with Crippen molar-refractivity contribution < 1.29 is 4.79 Å². The van der Waals surface area contributed by atoms with Crippen LogP contribution in [0.5, 0.6) is 0 Å². The highest BCUT2D eigenvalue weighted by molar-refractivity contribution is 7.99. The molecule has 0 amide bonds. The van der Waals surface area contributed by atoms with Gasteiger partial charge in [-0.2, -0.15) is 0 Å². The zero-order chi connectivity index (χ0) is 14.2. The second-order valence-corrected chi connectivity index (χ2v) is 6.93. The smallest absolute Gasteiger partial charge is 0.196 e. The lowest BCUT2D eigenvalue weighted by Crippen LogP contribution is -2.22. The van der Waals surface area contributed by atoms with Crippen LogP contribution >= 0.6 is 35.0 Å². The molecule has 2 aromatic rings. The third-order valence-electron chi connectivity index (χ3n) is 2.56. The van der Waals surface area contributed by atoms with Crippen molar-refractivity contribution in [3.8, 4) is 0 Å². The number of Topliss-reactive ketones (excluding diaryl/α,β-unsaturated/α-hetero) is 1. The van der Waals surface area contributed by atoms with Gasteiger partial charge < -0.3 is 0 Å². The highest BCUT2D eigenvalue weighted by Gasteiger charge is 2.22. The van der Waals surface area contributed by atoms with Gasteiger partial charge >= 0.3 is 0 Å². The van der Waals surface area contributed by atoms with Crippen molar-refractivity contribution in [2.75, 3.05) is 5.75 Å². The predicted octanol–water partition coefficient (Wildman–Crippen LogP) is 3.74. The van der Waals surface area contributed by atoms with Crippen molar-refractivity contribution in [3.05, 3.63) is 22.3 Å². The summed E-state index contributed by atoms with van der Waals surface area (Å²) in [6.45, 7) is 5.68. The molecule has 4 nitrogen and oxygen atoms in total. The molecule has 0 unspecified atom stereocenters. The Kier molecular flexibility index (Phi) is 4.08. The number of ketones is 1. The summed E-state index contributed by atoms with van der Waals surface area (Å²) in [5.74, 6) is 0.497. The molecule has 0 aliphatic carbocycles. The summed E-state index contributed by atoms with van der Waals surface area (Å²) in [7, 11) is 0. The second kappa shape index (κ2) is 5.31. The fourth-order valence-corrected chi connectivity index (χ4v) is 2.93. The van der Waals surface area contributed by atoms with E-state index in [2.05, 4.69) is 10.2 Å². The molecule has 2 aromatic heterocycles. The Balaban J connectivity index is 2.25. The Bertz CT molecular complexity index is 634. The SMILES string of the molecule is CC(C)(C)C(=O)CSc1nnc2c(Cl)cc(Cl)cn12. The highest BCUT2D eigenvalue weighted by Crippen LogP contribution is 2.26. The Morgan fingerprint density at radius 2 is 2.05 bits per heavy atom. The lowest BCUT2D eigenvalue weighted by Gasteiger charge is -2.15. The Hall–Kier alpha value is -0.780. The number of carbonyl (C=O) groups excluding carboxylic acids is 1. The molecule has 0 saturated carbocycles. The van der Waals surface area contributed by atoms with Crippen molar-refractivity contribution in [2.45, 2.75) is 25.9 Å². The molecule has 2 rings (SSSR count). The quantitative estimate of drug-likeness (QED) is 0.809. The monoisotopic (exact) mass is 317 g/mol. The largest absolute Gasteiger partial charge is 0.298 e. The Morgan fingerprint density at radius 1 is 1.37 bits per heavy atom. The Morgan fingerprint density at radius 3 is 2.68 bits per heavy atom. The van der Waals surface area contributed by atoms with E-state index in [1.807, 2.05) is 20.8 Å². The molecule has 0 spiro atoms. The molecule has 0 aliphatic rings. The molecule has 0 N–H and O–H groups in total. The van der Waals surface area contributed by atoms with Crippen LogP contribution in [0.2, 0.25) is 10.0 Å². The highest BCUT2D eigenvalue weighted by atomic mass is 35.5. The minimum absolute atomic E-state index is 0.155. The van der Waals surface area contributed by atoms with Gasteiger partial charge in [0, 0.05) is 11.6 Å². The van der Waals surface area contributed by atoms with E-state index in [1.54, 1.807) is 16.7 Å². The van der Waals surface area contributed by atoms with Crippen molar-refractivity contribution in [2.24, 2.45) is 5.41 Å². The van der Waals surface area contributed by atoms with E-state index in [9.17, 15) is 4.79 Å². The minimum Gasteiger partial charge on any atom is -0.298 e. The van der Waals surface area contributed by atoms with Gasteiger partial charge in [-0.25, -0.2) is 0 Å². The number of carbonyl (C=O) groups is 1. The topological polar surface area (TPSA) is 47.3 Å². The number of hydrogen-bond acceptors (Lipinski definition) is 4. The van der Waals surface area contributed by atoms with E-state index in [4.69, 9.17) is 23.2 Å². The number of nitrogens with zero attached hydrogens (tertiary/aromatic N) is 3. The summed E-state index contributed by atoms with van der Waals surface area (Å²) in [6, 6.07) is 1.61. The first-order chi connectivity index (χ1) is 8.79. The number of thioether (sulfide) groups is 1. The minimum atomic E-state index is -0.358. The van der Waals surface area contributed by atoms with Crippen molar-refractivity contribution in [1.82, 2.24) is 14.6 Å². The van der Waals surface area contributed by atoms with E-state index in [-0.39, 0.29) is 11.2 Å². The third-order valence-corrected chi connectivity index (χ3v) is 3.99. The van der Waals surface area contributed by atoms with Crippen LogP contribution in [0.4, 0.5) is 0 Å². The first-order valence-corrected chi connectivity index (χ1v) is 7.39. The van der Waals surface area contributed by atoms with Crippen LogP contribution in [-0.4, -0.2) is 26.1 Å². The number of rotatable bonds is 3. The van der Waals surface area contributed by atoms with E-state index in [1.165, 1.54) is 11.8 Å². The molecular formula is C12H13Cl2N3OS. The Labute approximate surface area is 125 Å². The first-order valence-electron chi connectivity index (χ1n) is 5.65. The first kappa shape index (κ1) is 14.6. The number of fused-ring (bicyclic) bond motifs is 1. The maximum absolute atomic E-state index is 11.9. The third kappa shape index (κ3) is 3.22. The molecule has 0 bridgehead atoms. The van der Waals surface area contributed by atoms with Crippen molar-refractivity contribution in [1.29, 1.82) is 0 Å². The maximum atomic E-state index is 11.9. The zero-order valence-corrected chi connectivity index (χ0v) is 13.1. The van der Waals surface area contributed by atoms with Gasteiger partial charge in [0.2, 0.25) is 0 Å². The standard InChI is InChI=1S/C12H13Cl2N3OS/c1-12(2,3)9(18)6-19-11-16-15-10-8(14)4-7(13)5-17(10)11/h4-5H,6H2,1-3H3. The fraction of sp³-hybridized carbons (Fsp3) is 0.417. The van der Waals surface area contributed by atoms with Gasteiger partial charge in [-0.1, -0.05) is 55.7 Å². The summed E-state index contributed by atoms with van der Waals surface area (Å²) in [4.78, 5) is 11.9. The molecule has 2 heterocycles. The molecule has 0 fully saturated rings. The lowest BCUT2D eigenvalue weighted by atomic mass is 9.92. The lowest BCUT2D eigenvalue weighted by molar-refractivity contribution is -0.123. The summed E-state index contributed by atoms with van der Waals surface area (Å²) in [6.07, 6.45) is 1.69. The van der Waals surface area contributed by atoms with Gasteiger partial charge in [-0.05, 0) is 6.07 Å². The van der Waals surface area contributed by atoms with Gasteiger partial charge in [0.15, 0.2) is 10.8 Å². The van der Waals surface area contributed by atoms with Crippen molar-refractivity contribution >= 4 is 46.4 Å². The molecule has 7 heteroatoms. The number of pyridine rings is 1. The molecule has 102 valence electrons. The van der Waals surface area contributed by atoms with Crippen LogP contribution in [0.15, 0.2) is 17.4 Å². The second-order valence-electron chi connectivity index (χ2n) is 5.14. The number of halogens is 2. The molecule has 0 aliphatic heterocycles. The van der Waals surface area contributed by atoms with Crippen LogP contribution in [-0.2, 0) is 4.79 Å². The average Bonchev–Trinajstić information content (AvgIpc) is 2.67. The van der Waals surface area contributed by atoms with Gasteiger partial charge in [0.1, 0.15) is 5.78 Å². The summed E-state index contributed by atoms with van der Waals surface area (Å²) in [5, 5.41) is 9.57. The normalized spacial score (nSPS) is 12.1. The maximum Gasteiger partial charge on any atom is 0.196 e. The van der Waals surface area contributed by atoms with Crippen LogP contribution < -0.4 is 0 Å². The van der Waals surface area contributed by atoms with E-state index in [0.29, 0.717) is 26.6 Å². The molecule has 19 heavy (non-hydrogen) atoms. The summed E-state index contributed by atoms with van der Waals surface area (Å²) in [5.41, 5.74) is 0.180. The van der Waals surface area contributed by atoms with Crippen molar-refractivity contribution in [3.63, 3.8) is 0 Å². The predicted molar refractivity (Wildman–Crippen MR) is 78.2 cm³/mol. The molecule has 0 atom stereocenters. The summed E-state index contributed by atoms with van der Waals surface area (Å²) < 4.78 is 1.70. The van der Waals surface area contributed by atoms with E-state index in [0.717, 1.165) is 0 Å². The van der Waals surface area contributed by atoms with Gasteiger partial charge in [-0.3, -0.25) is 9.20 Å². The van der Waals surface area contributed by atoms with Crippen LogP contribution in [0.1, 0.15) is 20.8 Å². The molecular weight excluding hydrogens is 305 g/mol. The molecule has 0 saturated heterocycles. The van der Waals surface area contributed by atoms with E-state index < -0.39 is 0 Å².